The summed E-state index contributed by atoms with van der Waals surface area (Å²) in [6.45, 7) is -0.0660. The zero-order valence-corrected chi connectivity index (χ0v) is 18.4. The molecule has 3 aromatic rings. The van der Waals surface area contributed by atoms with Crippen molar-refractivity contribution in [2.45, 2.75) is 0 Å². The van der Waals surface area contributed by atoms with E-state index in [4.69, 9.17) is 16.3 Å². The van der Waals surface area contributed by atoms with Gasteiger partial charge in [-0.2, -0.15) is 0 Å². The van der Waals surface area contributed by atoms with E-state index in [1.807, 2.05) is 0 Å². The first-order valence-corrected chi connectivity index (χ1v) is 10.5. The van der Waals surface area contributed by atoms with Crippen molar-refractivity contribution in [1.82, 2.24) is 4.90 Å². The van der Waals surface area contributed by atoms with Gasteiger partial charge in [0.2, 0.25) is 0 Å². The zero-order chi connectivity index (χ0) is 22.4. The van der Waals surface area contributed by atoms with Gasteiger partial charge in [-0.1, -0.05) is 17.7 Å². The second-order valence-corrected chi connectivity index (χ2v) is 8.04. The molecule has 31 heavy (non-hydrogen) atoms. The Morgan fingerprint density at radius 2 is 1.74 bits per heavy atom. The molecule has 0 aliphatic carbocycles. The maximum Gasteiger partial charge on any atom is 0.265 e. The Bertz CT molecular complexity index is 1080. The molecule has 0 aliphatic heterocycles. The van der Waals surface area contributed by atoms with Crippen LogP contribution in [0.15, 0.2) is 60.0 Å². The van der Waals surface area contributed by atoms with Gasteiger partial charge in [0.05, 0.1) is 15.6 Å². The van der Waals surface area contributed by atoms with Crippen molar-refractivity contribution >= 4 is 52.0 Å². The Morgan fingerprint density at radius 3 is 2.39 bits per heavy atom. The maximum atomic E-state index is 12.6. The molecule has 0 spiro atoms. The van der Waals surface area contributed by atoms with E-state index in [1.54, 1.807) is 68.0 Å². The molecule has 0 atom stereocenters. The predicted molar refractivity (Wildman–Crippen MR) is 122 cm³/mol. The topological polar surface area (TPSA) is 87.7 Å². The monoisotopic (exact) mass is 457 g/mol. The molecular formula is C22H20ClN3O4S. The van der Waals surface area contributed by atoms with Crippen molar-refractivity contribution in [3.8, 4) is 5.75 Å². The third-order valence-electron chi connectivity index (χ3n) is 4.20. The first-order valence-electron chi connectivity index (χ1n) is 9.22. The van der Waals surface area contributed by atoms with Gasteiger partial charge in [0.25, 0.3) is 17.7 Å². The number of carbonyl (C=O) groups is 3. The second-order valence-electron chi connectivity index (χ2n) is 6.68. The number of likely N-dealkylation sites (N-methyl/N-ethyl adjacent to an activating group) is 1. The molecule has 0 fully saturated rings. The lowest BCUT2D eigenvalue weighted by Crippen LogP contribution is -2.27. The van der Waals surface area contributed by atoms with E-state index in [0.29, 0.717) is 32.6 Å². The molecule has 0 bridgehead atoms. The number of halogens is 1. The van der Waals surface area contributed by atoms with E-state index in [-0.39, 0.29) is 24.3 Å². The lowest BCUT2D eigenvalue weighted by Gasteiger charge is -2.12. The molecule has 1 heterocycles. The van der Waals surface area contributed by atoms with Gasteiger partial charge in [-0.15, -0.1) is 11.3 Å². The Balaban J connectivity index is 1.63. The lowest BCUT2D eigenvalue weighted by molar-refractivity contribution is -0.130. The number of thiophene rings is 1. The Kier molecular flexibility index (Phi) is 7.28. The molecule has 0 radical (unpaired) electrons. The Labute approximate surface area is 188 Å². The quantitative estimate of drug-likeness (QED) is 0.551. The van der Waals surface area contributed by atoms with Crippen LogP contribution in [0.4, 0.5) is 11.4 Å². The number of hydrogen-bond donors (Lipinski definition) is 2. The van der Waals surface area contributed by atoms with Crippen molar-refractivity contribution in [2.75, 3.05) is 31.3 Å². The van der Waals surface area contributed by atoms with Gasteiger partial charge >= 0.3 is 0 Å². The summed E-state index contributed by atoms with van der Waals surface area (Å²) in [6, 6.07) is 14.8. The molecule has 3 rings (SSSR count). The summed E-state index contributed by atoms with van der Waals surface area (Å²) >= 11 is 7.48. The second kappa shape index (κ2) is 10.1. The molecule has 9 heteroatoms. The van der Waals surface area contributed by atoms with E-state index in [9.17, 15) is 14.4 Å². The summed E-state index contributed by atoms with van der Waals surface area (Å²) < 4.78 is 5.41. The minimum absolute atomic E-state index is 0.0660. The van der Waals surface area contributed by atoms with Gasteiger partial charge in [0, 0.05) is 25.3 Å². The van der Waals surface area contributed by atoms with Crippen LogP contribution in [0.25, 0.3) is 0 Å². The largest absolute Gasteiger partial charge is 0.484 e. The van der Waals surface area contributed by atoms with Crippen molar-refractivity contribution < 1.29 is 19.1 Å². The van der Waals surface area contributed by atoms with Gasteiger partial charge in [-0.25, -0.2) is 0 Å². The predicted octanol–water partition coefficient (Wildman–Crippen LogP) is 4.37. The summed E-state index contributed by atoms with van der Waals surface area (Å²) in [5, 5.41) is 7.63. The number of benzene rings is 2. The van der Waals surface area contributed by atoms with Gasteiger partial charge in [-0.3, -0.25) is 14.4 Å². The summed E-state index contributed by atoms with van der Waals surface area (Å²) in [7, 11) is 3.31. The molecule has 2 N–H and O–H groups in total. The fraction of sp³-hybridized carbons (Fsp3) is 0.136. The molecule has 0 saturated heterocycles. The number of hydrogen-bond acceptors (Lipinski definition) is 5. The van der Waals surface area contributed by atoms with Crippen LogP contribution in [0, 0.1) is 0 Å². The molecule has 160 valence electrons. The molecular weight excluding hydrogens is 438 g/mol. The van der Waals surface area contributed by atoms with Crippen molar-refractivity contribution in [1.29, 1.82) is 0 Å². The highest BCUT2D eigenvalue weighted by molar-refractivity contribution is 7.12. The highest BCUT2D eigenvalue weighted by Crippen LogP contribution is 2.25. The number of anilines is 2. The summed E-state index contributed by atoms with van der Waals surface area (Å²) in [4.78, 5) is 38.5. The third kappa shape index (κ3) is 6.07. The number of rotatable bonds is 7. The van der Waals surface area contributed by atoms with Crippen molar-refractivity contribution in [3.05, 3.63) is 75.4 Å². The van der Waals surface area contributed by atoms with Crippen LogP contribution in [-0.2, 0) is 4.79 Å². The van der Waals surface area contributed by atoms with Crippen LogP contribution in [-0.4, -0.2) is 43.3 Å². The molecule has 1 aromatic heterocycles. The number of amides is 3. The van der Waals surface area contributed by atoms with E-state index >= 15 is 0 Å². The fourth-order valence-corrected chi connectivity index (χ4v) is 3.25. The van der Waals surface area contributed by atoms with E-state index in [0.717, 1.165) is 0 Å². The summed E-state index contributed by atoms with van der Waals surface area (Å²) in [5.41, 5.74) is 1.24. The number of ether oxygens (including phenoxy) is 1. The van der Waals surface area contributed by atoms with Gasteiger partial charge in [0.1, 0.15) is 5.75 Å². The van der Waals surface area contributed by atoms with Crippen LogP contribution in [0.5, 0.6) is 5.75 Å². The molecule has 0 saturated carbocycles. The van der Waals surface area contributed by atoms with Crippen LogP contribution in [0.1, 0.15) is 20.0 Å². The fourth-order valence-electron chi connectivity index (χ4n) is 2.47. The summed E-state index contributed by atoms with van der Waals surface area (Å²) in [6.07, 6.45) is 0. The SMILES string of the molecule is CN(C)C(=O)COc1ccc(NC(=O)c2ccc(Cl)c(NC(=O)c3cccs3)c2)cc1. The van der Waals surface area contributed by atoms with Gasteiger partial charge in [-0.05, 0) is 53.9 Å². The highest BCUT2D eigenvalue weighted by atomic mass is 35.5. The lowest BCUT2D eigenvalue weighted by atomic mass is 10.1. The average molecular weight is 458 g/mol. The number of nitrogens with one attached hydrogen (secondary N) is 2. The third-order valence-corrected chi connectivity index (χ3v) is 5.39. The molecule has 7 nitrogen and oxygen atoms in total. The van der Waals surface area contributed by atoms with Crippen LogP contribution >= 0.6 is 22.9 Å². The van der Waals surface area contributed by atoms with Crippen LogP contribution in [0.3, 0.4) is 0 Å². The smallest absolute Gasteiger partial charge is 0.265 e. The van der Waals surface area contributed by atoms with E-state index < -0.39 is 0 Å². The standard InChI is InChI=1S/C22H20ClN3O4S/c1-26(2)20(27)13-30-16-8-6-15(7-9-16)24-21(28)14-5-10-17(23)18(12-14)25-22(29)19-4-3-11-31-19/h3-12H,13H2,1-2H3,(H,24,28)(H,25,29). The minimum atomic E-state index is -0.361. The normalized spacial score (nSPS) is 10.3. The number of nitrogens with zero attached hydrogens (tertiary/aromatic N) is 1. The molecule has 0 aliphatic rings. The van der Waals surface area contributed by atoms with Crippen LogP contribution < -0.4 is 15.4 Å². The molecule has 3 amide bonds. The van der Waals surface area contributed by atoms with Crippen molar-refractivity contribution in [2.24, 2.45) is 0 Å². The first-order chi connectivity index (χ1) is 14.8. The highest BCUT2D eigenvalue weighted by Gasteiger charge is 2.13. The van der Waals surface area contributed by atoms with Gasteiger partial charge < -0.3 is 20.3 Å². The van der Waals surface area contributed by atoms with E-state index in [1.165, 1.54) is 22.3 Å². The minimum Gasteiger partial charge on any atom is -0.484 e. The maximum absolute atomic E-state index is 12.6. The average Bonchev–Trinajstić information content (AvgIpc) is 3.29. The molecule has 0 unspecified atom stereocenters. The van der Waals surface area contributed by atoms with Crippen molar-refractivity contribution in [3.63, 3.8) is 0 Å². The Hall–Kier alpha value is -3.36. The van der Waals surface area contributed by atoms with Gasteiger partial charge in [0.15, 0.2) is 6.61 Å². The molecule has 2 aromatic carbocycles. The zero-order valence-electron chi connectivity index (χ0n) is 16.8. The van der Waals surface area contributed by atoms with Crippen LogP contribution in [0.2, 0.25) is 5.02 Å². The first kappa shape index (κ1) is 22.3. The number of carbonyl (C=O) groups excluding carboxylic acids is 3. The Morgan fingerprint density at radius 1 is 1.00 bits per heavy atom. The van der Waals surface area contributed by atoms with E-state index in [2.05, 4.69) is 10.6 Å². The summed E-state index contributed by atoms with van der Waals surface area (Å²) in [5.74, 6) is -0.294.